The summed E-state index contributed by atoms with van der Waals surface area (Å²) in [6.07, 6.45) is 5.41. The fraction of sp³-hybridized carbons (Fsp3) is 0.600. The summed E-state index contributed by atoms with van der Waals surface area (Å²) in [5.74, 6) is -0.898. The fourth-order valence-corrected chi connectivity index (χ4v) is 2.89. The van der Waals surface area contributed by atoms with Gasteiger partial charge < -0.3 is 9.84 Å². The number of carbonyl (C=O) groups excluding carboxylic acids is 2. The summed E-state index contributed by atoms with van der Waals surface area (Å²) in [6, 6.07) is 0. The average molecular weight is 264 g/mol. The van der Waals surface area contributed by atoms with Gasteiger partial charge in [0, 0.05) is 12.3 Å². The van der Waals surface area contributed by atoms with Gasteiger partial charge in [-0.2, -0.15) is 0 Å². The van der Waals surface area contributed by atoms with Crippen LogP contribution in [0.2, 0.25) is 0 Å². The minimum Gasteiger partial charge on any atom is -0.461 e. The standard InChI is InChI=1S/C15H20O4/c1-9-4-3-5-11(8-16)7-13-14(12(17)6-9)10(2)15(18)19-13/h5-6,8,10,12-14,17H,3-4,7H2,1-2H3/b9-6+,11-5+/t10-,12-,13+,14+/m1/s1. The predicted molar refractivity (Wildman–Crippen MR) is 70.3 cm³/mol. The largest absolute Gasteiger partial charge is 0.461 e. The van der Waals surface area contributed by atoms with Crippen molar-refractivity contribution in [3.8, 4) is 0 Å². The number of rotatable bonds is 1. The van der Waals surface area contributed by atoms with Crippen molar-refractivity contribution in [1.82, 2.24) is 0 Å². The van der Waals surface area contributed by atoms with E-state index in [2.05, 4.69) is 0 Å². The monoisotopic (exact) mass is 264 g/mol. The molecule has 1 aliphatic heterocycles. The SMILES string of the molecule is C/C1=C\[C@@H](O)[C@H]2[C@H](C/C(C=O)=C\CC1)OC(=O)[C@@H]2C. The number of aliphatic hydroxyl groups excluding tert-OH is 1. The molecule has 0 spiro atoms. The fourth-order valence-electron chi connectivity index (χ4n) is 2.89. The Morgan fingerprint density at radius 3 is 2.89 bits per heavy atom. The van der Waals surface area contributed by atoms with Gasteiger partial charge in [-0.3, -0.25) is 9.59 Å². The maximum absolute atomic E-state index is 11.7. The van der Waals surface area contributed by atoms with E-state index in [0.29, 0.717) is 12.0 Å². The van der Waals surface area contributed by atoms with Gasteiger partial charge >= 0.3 is 5.97 Å². The van der Waals surface area contributed by atoms with Crippen LogP contribution >= 0.6 is 0 Å². The lowest BCUT2D eigenvalue weighted by Gasteiger charge is -2.24. The van der Waals surface area contributed by atoms with Crippen LogP contribution in [0.5, 0.6) is 0 Å². The molecule has 4 nitrogen and oxygen atoms in total. The molecular weight excluding hydrogens is 244 g/mol. The van der Waals surface area contributed by atoms with Gasteiger partial charge in [0.05, 0.1) is 12.0 Å². The summed E-state index contributed by atoms with van der Waals surface area (Å²) in [6.45, 7) is 3.73. The van der Waals surface area contributed by atoms with E-state index < -0.39 is 12.2 Å². The van der Waals surface area contributed by atoms with E-state index in [1.54, 1.807) is 6.92 Å². The number of carbonyl (C=O) groups is 2. The van der Waals surface area contributed by atoms with Gasteiger partial charge in [0.15, 0.2) is 0 Å². The van der Waals surface area contributed by atoms with E-state index in [0.717, 1.165) is 24.7 Å². The van der Waals surface area contributed by atoms with Crippen molar-refractivity contribution in [2.75, 3.05) is 0 Å². The second kappa shape index (κ2) is 5.70. The van der Waals surface area contributed by atoms with Crippen molar-refractivity contribution >= 4 is 12.3 Å². The van der Waals surface area contributed by atoms with Crippen LogP contribution in [0.25, 0.3) is 0 Å². The van der Waals surface area contributed by atoms with Crippen LogP contribution in [-0.2, 0) is 14.3 Å². The molecule has 1 N–H and O–H groups in total. The van der Waals surface area contributed by atoms with Gasteiger partial charge in [0.2, 0.25) is 0 Å². The molecule has 1 aliphatic carbocycles. The Kier molecular flexibility index (Phi) is 4.20. The number of hydrogen-bond donors (Lipinski definition) is 1. The summed E-state index contributed by atoms with van der Waals surface area (Å²) in [5.41, 5.74) is 1.72. The second-order valence-electron chi connectivity index (χ2n) is 5.48. The highest BCUT2D eigenvalue weighted by atomic mass is 16.6. The molecular formula is C15H20O4. The zero-order chi connectivity index (χ0) is 14.0. The molecule has 0 amide bonds. The van der Waals surface area contributed by atoms with Gasteiger partial charge in [0.25, 0.3) is 0 Å². The molecule has 4 heteroatoms. The van der Waals surface area contributed by atoms with Crippen molar-refractivity contribution < 1.29 is 19.4 Å². The minimum absolute atomic E-state index is 0.274. The number of hydrogen-bond acceptors (Lipinski definition) is 4. The third-order valence-corrected chi connectivity index (χ3v) is 4.03. The van der Waals surface area contributed by atoms with Gasteiger partial charge in [0.1, 0.15) is 12.4 Å². The van der Waals surface area contributed by atoms with Crippen molar-refractivity contribution in [3.05, 3.63) is 23.3 Å². The Morgan fingerprint density at radius 2 is 2.21 bits per heavy atom. The molecule has 19 heavy (non-hydrogen) atoms. The molecule has 0 bridgehead atoms. The van der Waals surface area contributed by atoms with Crippen LogP contribution in [0, 0.1) is 11.8 Å². The zero-order valence-electron chi connectivity index (χ0n) is 11.3. The second-order valence-corrected chi connectivity index (χ2v) is 5.48. The average Bonchev–Trinajstić information content (AvgIpc) is 2.63. The molecule has 1 saturated heterocycles. The molecule has 1 heterocycles. The third-order valence-electron chi connectivity index (χ3n) is 4.03. The van der Waals surface area contributed by atoms with Crippen molar-refractivity contribution in [2.24, 2.45) is 11.8 Å². The predicted octanol–water partition coefficient (Wildman–Crippen LogP) is 1.78. The highest BCUT2D eigenvalue weighted by molar-refractivity contribution is 5.76. The summed E-state index contributed by atoms with van der Waals surface area (Å²) in [4.78, 5) is 22.7. The van der Waals surface area contributed by atoms with Gasteiger partial charge in [-0.15, -0.1) is 0 Å². The van der Waals surface area contributed by atoms with Crippen molar-refractivity contribution in [2.45, 2.75) is 45.3 Å². The Bertz CT molecular complexity index is 435. The maximum atomic E-state index is 11.7. The molecule has 0 aromatic carbocycles. The van der Waals surface area contributed by atoms with Gasteiger partial charge in [-0.25, -0.2) is 0 Å². The normalized spacial score (nSPS) is 41.3. The molecule has 2 aliphatic rings. The van der Waals surface area contributed by atoms with Crippen LogP contribution in [0.3, 0.4) is 0 Å². The van der Waals surface area contributed by atoms with E-state index in [-0.39, 0.29) is 17.8 Å². The number of aldehydes is 1. The van der Waals surface area contributed by atoms with Crippen LogP contribution in [0.1, 0.15) is 33.1 Å². The van der Waals surface area contributed by atoms with E-state index in [4.69, 9.17) is 4.74 Å². The van der Waals surface area contributed by atoms with E-state index in [1.165, 1.54) is 0 Å². The molecule has 4 atom stereocenters. The number of fused-ring (bicyclic) bond motifs is 1. The summed E-state index contributed by atoms with van der Waals surface area (Å²) in [5, 5.41) is 10.3. The Morgan fingerprint density at radius 1 is 1.47 bits per heavy atom. The first-order valence-corrected chi connectivity index (χ1v) is 6.73. The first-order chi connectivity index (χ1) is 9.02. The first-order valence-electron chi connectivity index (χ1n) is 6.73. The first kappa shape index (κ1) is 14.0. The molecule has 0 radical (unpaired) electrons. The summed E-state index contributed by atoms with van der Waals surface area (Å²) < 4.78 is 5.32. The number of aliphatic hydroxyl groups is 1. The molecule has 2 rings (SSSR count). The van der Waals surface area contributed by atoms with Crippen molar-refractivity contribution in [1.29, 1.82) is 0 Å². The van der Waals surface area contributed by atoms with E-state index in [9.17, 15) is 14.7 Å². The van der Waals surface area contributed by atoms with Crippen LogP contribution in [-0.4, -0.2) is 29.6 Å². The topological polar surface area (TPSA) is 63.6 Å². The lowest BCUT2D eigenvalue weighted by atomic mass is 9.82. The number of ether oxygens (including phenoxy) is 1. The van der Waals surface area contributed by atoms with Crippen LogP contribution < -0.4 is 0 Å². The quantitative estimate of drug-likeness (QED) is 0.445. The highest BCUT2D eigenvalue weighted by Crippen LogP contribution is 2.35. The summed E-state index contributed by atoms with van der Waals surface area (Å²) >= 11 is 0. The van der Waals surface area contributed by atoms with Gasteiger partial charge in [-0.1, -0.05) is 24.6 Å². The molecule has 104 valence electrons. The summed E-state index contributed by atoms with van der Waals surface area (Å²) in [7, 11) is 0. The smallest absolute Gasteiger partial charge is 0.309 e. The van der Waals surface area contributed by atoms with Gasteiger partial charge in [-0.05, 0) is 25.3 Å². The molecule has 0 unspecified atom stereocenters. The maximum Gasteiger partial charge on any atom is 0.309 e. The third kappa shape index (κ3) is 2.95. The Balaban J connectivity index is 2.32. The van der Waals surface area contributed by atoms with E-state index >= 15 is 0 Å². The van der Waals surface area contributed by atoms with E-state index in [1.807, 2.05) is 19.1 Å². The van der Waals surface area contributed by atoms with Crippen LogP contribution in [0.15, 0.2) is 23.3 Å². The minimum atomic E-state index is -0.697. The molecule has 0 saturated carbocycles. The number of esters is 1. The lowest BCUT2D eigenvalue weighted by molar-refractivity contribution is -0.144. The molecule has 1 fully saturated rings. The Labute approximate surface area is 113 Å². The Hall–Kier alpha value is -1.42. The molecule has 0 aromatic rings. The molecule has 0 aromatic heterocycles. The van der Waals surface area contributed by atoms with Crippen molar-refractivity contribution in [3.63, 3.8) is 0 Å². The highest BCUT2D eigenvalue weighted by Gasteiger charge is 2.45. The zero-order valence-corrected chi connectivity index (χ0v) is 11.3. The lowest BCUT2D eigenvalue weighted by Crippen LogP contribution is -2.31. The number of allylic oxidation sites excluding steroid dienone is 2. The van der Waals surface area contributed by atoms with Crippen LogP contribution in [0.4, 0.5) is 0 Å².